The number of nitrogens with zero attached hydrogens (tertiary/aromatic N) is 4. The Hall–Kier alpha value is -1.96. The number of likely N-dealkylation sites (N-methyl/N-ethyl adjacent to an activating group) is 1. The molecule has 24 heavy (non-hydrogen) atoms. The van der Waals surface area contributed by atoms with Gasteiger partial charge in [0.25, 0.3) is 5.91 Å². The SMILES string of the molecule is Cc1ccc(Cl)c2sc(N(CCN(C)C)C(=O)c3ccno3)nc12. The van der Waals surface area contributed by atoms with Crippen LogP contribution in [0.5, 0.6) is 0 Å². The third-order valence-electron chi connectivity index (χ3n) is 3.58. The number of aryl methyl sites for hydroxylation is 1. The van der Waals surface area contributed by atoms with Gasteiger partial charge in [0.05, 0.1) is 21.4 Å². The Labute approximate surface area is 148 Å². The number of hydrogen-bond acceptors (Lipinski definition) is 6. The van der Waals surface area contributed by atoms with Gasteiger partial charge in [-0.15, -0.1) is 0 Å². The lowest BCUT2D eigenvalue weighted by molar-refractivity contribution is 0.0949. The van der Waals surface area contributed by atoms with Gasteiger partial charge in [-0.2, -0.15) is 0 Å². The third-order valence-corrected chi connectivity index (χ3v) is 5.12. The fourth-order valence-electron chi connectivity index (χ4n) is 2.25. The number of amides is 1. The minimum Gasteiger partial charge on any atom is -0.351 e. The molecule has 0 bridgehead atoms. The molecule has 2 heterocycles. The van der Waals surface area contributed by atoms with E-state index >= 15 is 0 Å². The average Bonchev–Trinajstić information content (AvgIpc) is 3.20. The molecular formula is C16H17ClN4O2S. The van der Waals surface area contributed by atoms with Gasteiger partial charge in [-0.25, -0.2) is 4.98 Å². The van der Waals surface area contributed by atoms with Crippen molar-refractivity contribution in [3.05, 3.63) is 40.7 Å². The Morgan fingerprint density at radius 1 is 1.29 bits per heavy atom. The number of fused-ring (bicyclic) bond motifs is 1. The van der Waals surface area contributed by atoms with Crippen LogP contribution in [0.2, 0.25) is 5.02 Å². The van der Waals surface area contributed by atoms with Crippen LogP contribution in [0, 0.1) is 6.92 Å². The van der Waals surface area contributed by atoms with Gasteiger partial charge in [-0.3, -0.25) is 9.69 Å². The van der Waals surface area contributed by atoms with Gasteiger partial charge in [-0.05, 0) is 32.6 Å². The van der Waals surface area contributed by atoms with Crippen molar-refractivity contribution in [2.24, 2.45) is 0 Å². The van der Waals surface area contributed by atoms with Crippen molar-refractivity contribution in [2.45, 2.75) is 6.92 Å². The second kappa shape index (κ2) is 6.88. The number of hydrogen-bond donors (Lipinski definition) is 0. The Kier molecular flexibility index (Phi) is 4.84. The number of anilines is 1. The lowest BCUT2D eigenvalue weighted by Gasteiger charge is -2.20. The Morgan fingerprint density at radius 2 is 2.08 bits per heavy atom. The highest BCUT2D eigenvalue weighted by Crippen LogP contribution is 2.36. The van der Waals surface area contributed by atoms with Gasteiger partial charge >= 0.3 is 0 Å². The minimum absolute atomic E-state index is 0.191. The molecule has 0 N–H and O–H groups in total. The largest absolute Gasteiger partial charge is 0.351 e. The van der Waals surface area contributed by atoms with Gasteiger partial charge in [-0.1, -0.05) is 34.2 Å². The Bertz CT molecular complexity index is 821. The van der Waals surface area contributed by atoms with E-state index in [0.29, 0.717) is 23.2 Å². The van der Waals surface area contributed by atoms with E-state index in [1.165, 1.54) is 17.5 Å². The van der Waals surface area contributed by atoms with Crippen LogP contribution in [0.1, 0.15) is 16.1 Å². The molecule has 0 aliphatic heterocycles. The fraction of sp³-hybridized carbons (Fsp3) is 0.312. The molecule has 0 spiro atoms. The first-order chi connectivity index (χ1) is 11.5. The van der Waals surface area contributed by atoms with Crippen LogP contribution in [0.25, 0.3) is 10.2 Å². The van der Waals surface area contributed by atoms with Crippen molar-refractivity contribution in [2.75, 3.05) is 32.1 Å². The number of halogens is 1. The maximum Gasteiger partial charge on any atom is 0.298 e. The van der Waals surface area contributed by atoms with Crippen LogP contribution in [0.15, 0.2) is 28.9 Å². The first-order valence-corrected chi connectivity index (χ1v) is 8.59. The topological polar surface area (TPSA) is 62.5 Å². The quantitative estimate of drug-likeness (QED) is 0.693. The molecule has 1 amide bonds. The molecule has 126 valence electrons. The molecule has 0 unspecified atom stereocenters. The number of rotatable bonds is 5. The first-order valence-electron chi connectivity index (χ1n) is 7.40. The monoisotopic (exact) mass is 364 g/mol. The zero-order chi connectivity index (χ0) is 17.3. The molecule has 0 radical (unpaired) electrons. The van der Waals surface area contributed by atoms with Crippen molar-refractivity contribution < 1.29 is 9.32 Å². The van der Waals surface area contributed by atoms with Crippen LogP contribution in [-0.2, 0) is 0 Å². The van der Waals surface area contributed by atoms with Gasteiger partial charge in [0.2, 0.25) is 5.76 Å². The molecule has 1 aromatic carbocycles. The highest BCUT2D eigenvalue weighted by Gasteiger charge is 2.24. The normalized spacial score (nSPS) is 11.4. The molecule has 3 rings (SSSR count). The van der Waals surface area contributed by atoms with Crippen LogP contribution < -0.4 is 4.90 Å². The van der Waals surface area contributed by atoms with E-state index in [1.54, 1.807) is 11.0 Å². The number of benzene rings is 1. The van der Waals surface area contributed by atoms with Crippen LogP contribution in [-0.4, -0.2) is 48.1 Å². The second-order valence-corrected chi connectivity index (χ2v) is 7.06. The van der Waals surface area contributed by atoms with E-state index in [4.69, 9.17) is 16.1 Å². The third kappa shape index (κ3) is 3.28. The van der Waals surface area contributed by atoms with Crippen molar-refractivity contribution in [1.29, 1.82) is 0 Å². The standard InChI is InChI=1S/C16H17ClN4O2S/c1-10-4-5-11(17)14-13(10)19-16(24-14)21(9-8-20(2)3)15(22)12-6-7-18-23-12/h4-7H,8-9H2,1-3H3. The van der Waals surface area contributed by atoms with Crippen LogP contribution in [0.3, 0.4) is 0 Å². The van der Waals surface area contributed by atoms with Crippen molar-refractivity contribution in [3.63, 3.8) is 0 Å². The molecule has 6 nitrogen and oxygen atoms in total. The smallest absolute Gasteiger partial charge is 0.298 e. The average molecular weight is 365 g/mol. The summed E-state index contributed by atoms with van der Waals surface area (Å²) in [6, 6.07) is 5.33. The molecule has 0 aliphatic rings. The summed E-state index contributed by atoms with van der Waals surface area (Å²) < 4.78 is 5.90. The first kappa shape index (κ1) is 16.9. The van der Waals surface area contributed by atoms with Gasteiger partial charge in [0, 0.05) is 19.2 Å². The van der Waals surface area contributed by atoms with Crippen molar-refractivity contribution >= 4 is 44.2 Å². The molecule has 0 saturated carbocycles. The number of thiazole rings is 1. The van der Waals surface area contributed by atoms with Crippen LogP contribution >= 0.6 is 22.9 Å². The van der Waals surface area contributed by atoms with Gasteiger partial charge in [0.15, 0.2) is 5.13 Å². The predicted octanol–water partition coefficient (Wildman–Crippen LogP) is 3.45. The second-order valence-electron chi connectivity index (χ2n) is 5.68. The lowest BCUT2D eigenvalue weighted by atomic mass is 10.2. The maximum atomic E-state index is 12.8. The summed E-state index contributed by atoms with van der Waals surface area (Å²) in [5.41, 5.74) is 1.85. The fourth-order valence-corrected chi connectivity index (χ4v) is 3.59. The molecule has 2 aromatic heterocycles. The summed E-state index contributed by atoms with van der Waals surface area (Å²) in [7, 11) is 3.91. The summed E-state index contributed by atoms with van der Waals surface area (Å²) in [6.07, 6.45) is 1.46. The minimum atomic E-state index is -0.262. The van der Waals surface area contributed by atoms with E-state index in [2.05, 4.69) is 10.1 Å². The summed E-state index contributed by atoms with van der Waals surface area (Å²) >= 11 is 7.69. The summed E-state index contributed by atoms with van der Waals surface area (Å²) in [4.78, 5) is 21.0. The van der Waals surface area contributed by atoms with E-state index in [1.807, 2.05) is 38.1 Å². The van der Waals surface area contributed by atoms with E-state index < -0.39 is 0 Å². The molecule has 0 aliphatic carbocycles. The molecule has 0 saturated heterocycles. The maximum absolute atomic E-state index is 12.8. The Balaban J connectivity index is 2.03. The zero-order valence-electron chi connectivity index (χ0n) is 13.6. The van der Waals surface area contributed by atoms with E-state index in [0.717, 1.165) is 15.8 Å². The summed E-state index contributed by atoms with van der Waals surface area (Å²) in [5, 5.41) is 4.85. The number of carbonyl (C=O) groups is 1. The van der Waals surface area contributed by atoms with E-state index in [9.17, 15) is 4.79 Å². The molecular weight excluding hydrogens is 348 g/mol. The predicted molar refractivity (Wildman–Crippen MR) is 96.1 cm³/mol. The highest BCUT2D eigenvalue weighted by atomic mass is 35.5. The van der Waals surface area contributed by atoms with Crippen molar-refractivity contribution in [3.8, 4) is 0 Å². The molecule has 0 atom stereocenters. The van der Waals surface area contributed by atoms with Gasteiger partial charge in [0.1, 0.15) is 0 Å². The molecule has 8 heteroatoms. The molecule has 3 aromatic rings. The number of carbonyl (C=O) groups excluding carboxylic acids is 1. The summed E-state index contributed by atoms with van der Waals surface area (Å²) in [6.45, 7) is 3.16. The Morgan fingerprint density at radius 3 is 2.71 bits per heavy atom. The van der Waals surface area contributed by atoms with E-state index in [-0.39, 0.29) is 11.7 Å². The molecule has 0 fully saturated rings. The van der Waals surface area contributed by atoms with Crippen molar-refractivity contribution in [1.82, 2.24) is 15.0 Å². The summed E-state index contributed by atoms with van der Waals surface area (Å²) in [5.74, 6) is -0.0713. The zero-order valence-corrected chi connectivity index (χ0v) is 15.2. The van der Waals surface area contributed by atoms with Gasteiger partial charge < -0.3 is 9.42 Å². The lowest BCUT2D eigenvalue weighted by Crippen LogP contribution is -2.36. The highest BCUT2D eigenvalue weighted by molar-refractivity contribution is 7.23. The van der Waals surface area contributed by atoms with Crippen LogP contribution in [0.4, 0.5) is 5.13 Å². The number of aromatic nitrogens is 2.